The Hall–Kier alpha value is -1.62. The number of phenolic OH excluding ortho intramolecular Hbond substituents is 1. The van der Waals surface area contributed by atoms with E-state index in [0.717, 1.165) is 6.07 Å². The molecule has 0 saturated heterocycles. The van der Waals surface area contributed by atoms with Gasteiger partial charge in [0.15, 0.2) is 0 Å². The van der Waals surface area contributed by atoms with Gasteiger partial charge in [-0.25, -0.2) is 4.39 Å². The van der Waals surface area contributed by atoms with Gasteiger partial charge in [0.25, 0.3) is 0 Å². The van der Waals surface area contributed by atoms with Crippen molar-refractivity contribution >= 4 is 5.97 Å². The molecule has 0 aliphatic carbocycles. The van der Waals surface area contributed by atoms with Crippen LogP contribution >= 0.6 is 0 Å². The Bertz CT molecular complexity index is 395. The lowest BCUT2D eigenvalue weighted by molar-refractivity contribution is -0.140. The van der Waals surface area contributed by atoms with E-state index in [-0.39, 0.29) is 24.2 Å². The molecule has 94 valence electrons. The Morgan fingerprint density at radius 3 is 2.88 bits per heavy atom. The van der Waals surface area contributed by atoms with Gasteiger partial charge in [0, 0.05) is 24.2 Å². The number of benzene rings is 1. The third-order valence-electron chi connectivity index (χ3n) is 2.46. The van der Waals surface area contributed by atoms with E-state index in [1.807, 2.05) is 0 Å². The van der Waals surface area contributed by atoms with E-state index in [4.69, 9.17) is 5.11 Å². The van der Waals surface area contributed by atoms with Crippen molar-refractivity contribution in [2.24, 2.45) is 0 Å². The molecule has 0 aromatic heterocycles. The molecule has 1 unspecified atom stereocenters. The second-order valence-corrected chi connectivity index (χ2v) is 3.71. The molecule has 5 heteroatoms. The molecule has 0 radical (unpaired) electrons. The van der Waals surface area contributed by atoms with Crippen LogP contribution in [0, 0.1) is 5.82 Å². The summed E-state index contributed by atoms with van der Waals surface area (Å²) in [6.45, 7) is 2.20. The Morgan fingerprint density at radius 2 is 2.29 bits per heavy atom. The van der Waals surface area contributed by atoms with Crippen molar-refractivity contribution in [3.8, 4) is 5.75 Å². The van der Waals surface area contributed by atoms with Gasteiger partial charge in [-0.1, -0.05) is 6.07 Å². The number of carbonyl (C=O) groups is 1. The number of phenols is 1. The highest BCUT2D eigenvalue weighted by Gasteiger charge is 2.11. The molecular weight excluding hydrogens is 225 g/mol. The average molecular weight is 241 g/mol. The maximum absolute atomic E-state index is 13.5. The molecule has 1 aromatic carbocycles. The van der Waals surface area contributed by atoms with E-state index >= 15 is 0 Å². The quantitative estimate of drug-likeness (QED) is 0.771. The van der Waals surface area contributed by atoms with E-state index < -0.39 is 5.82 Å². The minimum atomic E-state index is -0.469. The number of ether oxygens (including phenoxy) is 1. The number of hydrogen-bond acceptors (Lipinski definition) is 4. The van der Waals surface area contributed by atoms with Crippen LogP contribution in [-0.2, 0) is 9.53 Å². The Kier molecular flexibility index (Phi) is 4.90. The van der Waals surface area contributed by atoms with Crippen LogP contribution in [0.2, 0.25) is 0 Å². The van der Waals surface area contributed by atoms with Crippen LogP contribution in [0.4, 0.5) is 4.39 Å². The van der Waals surface area contributed by atoms with Crippen molar-refractivity contribution in [2.45, 2.75) is 19.4 Å². The lowest BCUT2D eigenvalue weighted by Gasteiger charge is -2.14. The van der Waals surface area contributed by atoms with Gasteiger partial charge < -0.3 is 15.2 Å². The van der Waals surface area contributed by atoms with E-state index in [1.54, 1.807) is 6.92 Å². The van der Waals surface area contributed by atoms with Crippen molar-refractivity contribution in [1.82, 2.24) is 5.32 Å². The SMILES string of the molecule is COC(=O)CCNC(C)c1ccc(O)cc1F. The maximum Gasteiger partial charge on any atom is 0.306 e. The fourth-order valence-electron chi connectivity index (χ4n) is 1.47. The van der Waals surface area contributed by atoms with Gasteiger partial charge in [-0.05, 0) is 13.0 Å². The van der Waals surface area contributed by atoms with E-state index in [2.05, 4.69) is 10.1 Å². The van der Waals surface area contributed by atoms with Crippen LogP contribution in [0.5, 0.6) is 5.75 Å². The summed E-state index contributed by atoms with van der Waals surface area (Å²) >= 11 is 0. The number of aromatic hydroxyl groups is 1. The summed E-state index contributed by atoms with van der Waals surface area (Å²) in [5.41, 5.74) is 0.452. The summed E-state index contributed by atoms with van der Waals surface area (Å²) in [7, 11) is 1.32. The number of methoxy groups -OCH3 is 1. The minimum Gasteiger partial charge on any atom is -0.508 e. The highest BCUT2D eigenvalue weighted by atomic mass is 19.1. The van der Waals surface area contributed by atoms with Gasteiger partial charge in [0.05, 0.1) is 13.5 Å². The summed E-state index contributed by atoms with van der Waals surface area (Å²) in [5.74, 6) is -0.882. The van der Waals surface area contributed by atoms with Crippen molar-refractivity contribution in [2.75, 3.05) is 13.7 Å². The molecule has 4 nitrogen and oxygen atoms in total. The van der Waals surface area contributed by atoms with Gasteiger partial charge in [0.2, 0.25) is 0 Å². The van der Waals surface area contributed by atoms with Crippen LogP contribution in [0.25, 0.3) is 0 Å². The molecule has 17 heavy (non-hydrogen) atoms. The first-order chi connectivity index (χ1) is 8.04. The molecule has 0 spiro atoms. The second-order valence-electron chi connectivity index (χ2n) is 3.71. The number of esters is 1. The number of halogens is 1. The molecule has 0 bridgehead atoms. The lowest BCUT2D eigenvalue weighted by Crippen LogP contribution is -2.23. The van der Waals surface area contributed by atoms with Crippen molar-refractivity contribution in [1.29, 1.82) is 0 Å². The molecule has 1 rings (SSSR count). The molecule has 1 atom stereocenters. The predicted molar refractivity (Wildman–Crippen MR) is 61.1 cm³/mol. The summed E-state index contributed by atoms with van der Waals surface area (Å²) in [4.78, 5) is 10.9. The molecule has 0 aliphatic rings. The summed E-state index contributed by atoms with van der Waals surface area (Å²) in [6.07, 6.45) is 0.237. The van der Waals surface area contributed by atoms with Gasteiger partial charge >= 0.3 is 5.97 Å². The number of nitrogens with one attached hydrogen (secondary N) is 1. The molecule has 0 fully saturated rings. The van der Waals surface area contributed by atoms with Gasteiger partial charge in [-0.3, -0.25) is 4.79 Å². The average Bonchev–Trinajstić information content (AvgIpc) is 2.28. The zero-order chi connectivity index (χ0) is 12.8. The summed E-state index contributed by atoms with van der Waals surface area (Å²) in [6, 6.07) is 3.77. The lowest BCUT2D eigenvalue weighted by atomic mass is 10.1. The largest absolute Gasteiger partial charge is 0.508 e. The van der Waals surface area contributed by atoms with Crippen molar-refractivity contribution in [3.05, 3.63) is 29.6 Å². The van der Waals surface area contributed by atoms with Gasteiger partial charge in [0.1, 0.15) is 11.6 Å². The number of rotatable bonds is 5. The zero-order valence-electron chi connectivity index (χ0n) is 9.87. The molecule has 0 saturated carbocycles. The van der Waals surface area contributed by atoms with Crippen LogP contribution in [0.1, 0.15) is 24.9 Å². The highest BCUT2D eigenvalue weighted by molar-refractivity contribution is 5.69. The Labute approximate surface area is 99.4 Å². The van der Waals surface area contributed by atoms with Crippen molar-refractivity contribution < 1.29 is 19.0 Å². The van der Waals surface area contributed by atoms with E-state index in [0.29, 0.717) is 12.1 Å². The fraction of sp³-hybridized carbons (Fsp3) is 0.417. The Morgan fingerprint density at radius 1 is 1.59 bits per heavy atom. The summed E-state index contributed by atoms with van der Waals surface area (Å²) < 4.78 is 18.0. The van der Waals surface area contributed by atoms with Crippen LogP contribution < -0.4 is 5.32 Å². The van der Waals surface area contributed by atoms with Crippen LogP contribution in [0.15, 0.2) is 18.2 Å². The molecule has 1 aromatic rings. The first kappa shape index (κ1) is 13.4. The fourth-order valence-corrected chi connectivity index (χ4v) is 1.47. The van der Waals surface area contributed by atoms with Crippen LogP contribution in [0.3, 0.4) is 0 Å². The minimum absolute atomic E-state index is 0.104. The van der Waals surface area contributed by atoms with Crippen molar-refractivity contribution in [3.63, 3.8) is 0 Å². The van der Waals surface area contributed by atoms with Gasteiger partial charge in [-0.15, -0.1) is 0 Å². The highest BCUT2D eigenvalue weighted by Crippen LogP contribution is 2.20. The second kappa shape index (κ2) is 6.20. The number of carbonyl (C=O) groups excluding carboxylic acids is 1. The standard InChI is InChI=1S/C12H16FNO3/c1-8(14-6-5-12(16)17-2)10-4-3-9(15)7-11(10)13/h3-4,7-8,14-15H,5-6H2,1-2H3. The first-order valence-electron chi connectivity index (χ1n) is 5.33. The monoisotopic (exact) mass is 241 g/mol. The van der Waals surface area contributed by atoms with Gasteiger partial charge in [-0.2, -0.15) is 0 Å². The molecule has 0 aliphatic heterocycles. The first-order valence-corrected chi connectivity index (χ1v) is 5.33. The maximum atomic E-state index is 13.5. The number of hydrogen-bond donors (Lipinski definition) is 2. The molecular formula is C12H16FNO3. The van der Waals surface area contributed by atoms with Crippen LogP contribution in [-0.4, -0.2) is 24.7 Å². The zero-order valence-corrected chi connectivity index (χ0v) is 9.87. The predicted octanol–water partition coefficient (Wildman–Crippen LogP) is 1.74. The molecule has 2 N–H and O–H groups in total. The molecule has 0 heterocycles. The van der Waals surface area contributed by atoms with E-state index in [9.17, 15) is 9.18 Å². The third kappa shape index (κ3) is 4.03. The molecule has 0 amide bonds. The normalized spacial score (nSPS) is 12.2. The van der Waals surface area contributed by atoms with E-state index in [1.165, 1.54) is 19.2 Å². The summed E-state index contributed by atoms with van der Waals surface area (Å²) in [5, 5.41) is 12.1. The Balaban J connectivity index is 2.52. The smallest absolute Gasteiger partial charge is 0.306 e. The topological polar surface area (TPSA) is 58.6 Å². The third-order valence-corrected chi connectivity index (χ3v) is 2.46.